The first-order valence-corrected chi connectivity index (χ1v) is 7.88. The van der Waals surface area contributed by atoms with Gasteiger partial charge in [0.25, 0.3) is 0 Å². The molecule has 5 nitrogen and oxygen atoms in total. The van der Waals surface area contributed by atoms with Crippen LogP contribution in [0.5, 0.6) is 0 Å². The maximum Gasteiger partial charge on any atom is 0.237 e. The van der Waals surface area contributed by atoms with Crippen LogP contribution in [0.25, 0.3) is 10.8 Å². The molecule has 2 aromatic carbocycles. The van der Waals surface area contributed by atoms with E-state index in [1.54, 1.807) is 7.05 Å². The predicted octanol–water partition coefficient (Wildman–Crippen LogP) is 1.28. The average Bonchev–Trinajstić information content (AvgIpc) is 2.58. The molecule has 0 unspecified atom stereocenters. The predicted molar refractivity (Wildman–Crippen MR) is 89.8 cm³/mol. The minimum absolute atomic E-state index is 0.0694. The Kier molecular flexibility index (Phi) is 4.57. The van der Waals surface area contributed by atoms with Gasteiger partial charge in [0.05, 0.1) is 12.5 Å². The van der Waals surface area contributed by atoms with Gasteiger partial charge in [-0.3, -0.25) is 14.5 Å². The van der Waals surface area contributed by atoms with Crippen molar-refractivity contribution in [2.75, 3.05) is 20.1 Å². The van der Waals surface area contributed by atoms with E-state index in [-0.39, 0.29) is 18.2 Å². The van der Waals surface area contributed by atoms with Crippen molar-refractivity contribution in [3.63, 3.8) is 0 Å². The highest BCUT2D eigenvalue weighted by Crippen LogP contribution is 2.22. The summed E-state index contributed by atoms with van der Waals surface area (Å²) in [6.07, 6.45) is 0.188. The molecule has 120 valence electrons. The standard InChI is InChI=1S/C18H21N3O2/c1-19-17(22)11-16-18(23)20-9-10-21(16)12-14-7-4-6-13-5-2-3-8-15(13)14/h2-8,16H,9-12H2,1H3,(H,19,22)(H,20,23)/t16-/m1/s1. The Morgan fingerprint density at radius 1 is 1.26 bits per heavy atom. The third kappa shape index (κ3) is 3.35. The van der Waals surface area contributed by atoms with Crippen molar-refractivity contribution < 1.29 is 9.59 Å². The fourth-order valence-electron chi connectivity index (χ4n) is 3.10. The lowest BCUT2D eigenvalue weighted by atomic mass is 10.0. The van der Waals surface area contributed by atoms with Crippen molar-refractivity contribution in [2.45, 2.75) is 19.0 Å². The number of fused-ring (bicyclic) bond motifs is 1. The second kappa shape index (κ2) is 6.79. The molecule has 1 aliphatic rings. The molecular formula is C18H21N3O2. The Balaban J connectivity index is 1.86. The van der Waals surface area contributed by atoms with Crippen molar-refractivity contribution in [2.24, 2.45) is 0 Å². The molecule has 0 aromatic heterocycles. The summed E-state index contributed by atoms with van der Waals surface area (Å²) in [5.41, 5.74) is 1.18. The number of nitrogens with one attached hydrogen (secondary N) is 2. The quantitative estimate of drug-likeness (QED) is 0.894. The smallest absolute Gasteiger partial charge is 0.237 e. The summed E-state index contributed by atoms with van der Waals surface area (Å²) >= 11 is 0. The molecule has 2 aromatic rings. The molecule has 3 rings (SSSR count). The van der Waals surface area contributed by atoms with E-state index < -0.39 is 6.04 Å². The second-order valence-electron chi connectivity index (χ2n) is 5.79. The maximum absolute atomic E-state index is 12.2. The van der Waals surface area contributed by atoms with Crippen LogP contribution in [-0.2, 0) is 16.1 Å². The number of carbonyl (C=O) groups is 2. The summed E-state index contributed by atoms with van der Waals surface area (Å²) < 4.78 is 0. The second-order valence-corrected chi connectivity index (χ2v) is 5.79. The van der Waals surface area contributed by atoms with Gasteiger partial charge in [-0.05, 0) is 16.3 Å². The number of rotatable bonds is 4. The molecule has 5 heteroatoms. The van der Waals surface area contributed by atoms with Gasteiger partial charge >= 0.3 is 0 Å². The molecule has 0 saturated carbocycles. The Morgan fingerprint density at radius 2 is 2.04 bits per heavy atom. The Morgan fingerprint density at radius 3 is 2.87 bits per heavy atom. The average molecular weight is 311 g/mol. The largest absolute Gasteiger partial charge is 0.359 e. The fourth-order valence-corrected chi connectivity index (χ4v) is 3.10. The zero-order chi connectivity index (χ0) is 16.2. The number of hydrogen-bond acceptors (Lipinski definition) is 3. The molecule has 0 spiro atoms. The summed E-state index contributed by atoms with van der Waals surface area (Å²) in [5, 5.41) is 7.84. The monoisotopic (exact) mass is 311 g/mol. The number of amides is 2. The van der Waals surface area contributed by atoms with Gasteiger partial charge in [0.2, 0.25) is 11.8 Å². The number of piperazine rings is 1. The summed E-state index contributed by atoms with van der Waals surface area (Å²) in [5.74, 6) is -0.185. The zero-order valence-electron chi connectivity index (χ0n) is 13.2. The molecule has 1 heterocycles. The highest BCUT2D eigenvalue weighted by Gasteiger charge is 2.31. The number of benzene rings is 2. The lowest BCUT2D eigenvalue weighted by molar-refractivity contribution is -0.134. The number of carbonyl (C=O) groups excluding carboxylic acids is 2. The lowest BCUT2D eigenvalue weighted by Gasteiger charge is -2.34. The van der Waals surface area contributed by atoms with Gasteiger partial charge in [-0.25, -0.2) is 0 Å². The summed E-state index contributed by atoms with van der Waals surface area (Å²) in [4.78, 5) is 26.0. The van der Waals surface area contributed by atoms with E-state index >= 15 is 0 Å². The molecule has 1 saturated heterocycles. The van der Waals surface area contributed by atoms with Gasteiger partial charge in [0.1, 0.15) is 0 Å². The number of nitrogens with zero attached hydrogens (tertiary/aromatic N) is 1. The first-order chi connectivity index (χ1) is 11.2. The summed E-state index contributed by atoms with van der Waals surface area (Å²) in [6.45, 7) is 2.03. The van der Waals surface area contributed by atoms with E-state index in [9.17, 15) is 9.59 Å². The van der Waals surface area contributed by atoms with Crippen LogP contribution in [0.1, 0.15) is 12.0 Å². The lowest BCUT2D eigenvalue weighted by Crippen LogP contribution is -2.56. The van der Waals surface area contributed by atoms with Crippen LogP contribution in [0.15, 0.2) is 42.5 Å². The van der Waals surface area contributed by atoms with E-state index in [1.165, 1.54) is 16.3 Å². The topological polar surface area (TPSA) is 61.4 Å². The molecule has 2 amide bonds. The third-order valence-electron chi connectivity index (χ3n) is 4.35. The summed E-state index contributed by atoms with van der Waals surface area (Å²) in [6, 6.07) is 14.0. The minimum atomic E-state index is -0.414. The molecule has 1 atom stereocenters. The molecule has 2 N–H and O–H groups in total. The van der Waals surface area contributed by atoms with E-state index in [0.29, 0.717) is 13.1 Å². The van der Waals surface area contributed by atoms with Crippen molar-refractivity contribution >= 4 is 22.6 Å². The third-order valence-corrected chi connectivity index (χ3v) is 4.35. The van der Waals surface area contributed by atoms with Crippen LogP contribution in [0.4, 0.5) is 0 Å². The molecule has 1 aliphatic heterocycles. The van der Waals surface area contributed by atoms with Gasteiger partial charge in [-0.15, -0.1) is 0 Å². The van der Waals surface area contributed by atoms with Crippen LogP contribution in [0, 0.1) is 0 Å². The number of hydrogen-bond donors (Lipinski definition) is 2. The van der Waals surface area contributed by atoms with Gasteiger partial charge in [0, 0.05) is 26.7 Å². The molecule has 23 heavy (non-hydrogen) atoms. The molecule has 0 aliphatic carbocycles. The zero-order valence-corrected chi connectivity index (χ0v) is 13.2. The first-order valence-electron chi connectivity index (χ1n) is 7.88. The molecule has 0 radical (unpaired) electrons. The Labute approximate surface area is 135 Å². The SMILES string of the molecule is CNC(=O)C[C@@H]1C(=O)NCCN1Cc1cccc2ccccc12. The minimum Gasteiger partial charge on any atom is -0.359 e. The highest BCUT2D eigenvalue weighted by atomic mass is 16.2. The maximum atomic E-state index is 12.2. The van der Waals surface area contributed by atoms with Crippen LogP contribution < -0.4 is 10.6 Å². The highest BCUT2D eigenvalue weighted by molar-refractivity contribution is 5.89. The van der Waals surface area contributed by atoms with Gasteiger partial charge in [-0.1, -0.05) is 42.5 Å². The van der Waals surface area contributed by atoms with Crippen LogP contribution in [-0.4, -0.2) is 42.9 Å². The van der Waals surface area contributed by atoms with Crippen LogP contribution in [0.3, 0.4) is 0 Å². The molecule has 0 bridgehead atoms. The van der Waals surface area contributed by atoms with E-state index in [0.717, 1.165) is 6.54 Å². The van der Waals surface area contributed by atoms with Crippen molar-refractivity contribution in [3.8, 4) is 0 Å². The van der Waals surface area contributed by atoms with Gasteiger partial charge < -0.3 is 10.6 Å². The Bertz CT molecular complexity index is 724. The van der Waals surface area contributed by atoms with E-state index in [1.807, 2.05) is 18.2 Å². The van der Waals surface area contributed by atoms with Crippen molar-refractivity contribution in [1.82, 2.24) is 15.5 Å². The van der Waals surface area contributed by atoms with Gasteiger partial charge in [0.15, 0.2) is 0 Å². The van der Waals surface area contributed by atoms with Gasteiger partial charge in [-0.2, -0.15) is 0 Å². The normalized spacial score (nSPS) is 18.7. The molecule has 1 fully saturated rings. The first kappa shape index (κ1) is 15.5. The Hall–Kier alpha value is -2.40. The van der Waals surface area contributed by atoms with Crippen LogP contribution >= 0.6 is 0 Å². The van der Waals surface area contributed by atoms with E-state index in [2.05, 4.69) is 39.8 Å². The van der Waals surface area contributed by atoms with Crippen molar-refractivity contribution in [1.29, 1.82) is 0 Å². The molecular weight excluding hydrogens is 290 g/mol. The summed E-state index contributed by atoms with van der Waals surface area (Å²) in [7, 11) is 1.60. The van der Waals surface area contributed by atoms with E-state index in [4.69, 9.17) is 0 Å². The van der Waals surface area contributed by atoms with Crippen molar-refractivity contribution in [3.05, 3.63) is 48.0 Å². The van der Waals surface area contributed by atoms with Crippen LogP contribution in [0.2, 0.25) is 0 Å². The fraction of sp³-hybridized carbons (Fsp3) is 0.333.